The van der Waals surface area contributed by atoms with Crippen LogP contribution in [0.3, 0.4) is 0 Å². The van der Waals surface area contributed by atoms with Crippen molar-refractivity contribution in [1.82, 2.24) is 19.4 Å². The number of likely N-dealkylation sites (N-methyl/N-ethyl adjacent to an activating group) is 1. The highest BCUT2D eigenvalue weighted by Gasteiger charge is 2.17. The number of nitrogens with zero attached hydrogens (tertiary/aromatic N) is 4. The van der Waals surface area contributed by atoms with Crippen LogP contribution in [-0.4, -0.2) is 39.1 Å². The Morgan fingerprint density at radius 1 is 1.42 bits per heavy atom. The Bertz CT molecular complexity index is 561. The van der Waals surface area contributed by atoms with E-state index in [9.17, 15) is 0 Å². The third-order valence-corrected chi connectivity index (χ3v) is 3.82. The predicted octanol–water partition coefficient (Wildman–Crippen LogP) is 2.68. The lowest BCUT2D eigenvalue weighted by Gasteiger charge is -2.24. The van der Waals surface area contributed by atoms with Gasteiger partial charge in [-0.2, -0.15) is 0 Å². The molecule has 2 aromatic heterocycles. The van der Waals surface area contributed by atoms with Crippen molar-refractivity contribution in [3.05, 3.63) is 16.7 Å². The van der Waals surface area contributed by atoms with Crippen LogP contribution >= 0.6 is 15.9 Å². The lowest BCUT2D eigenvalue weighted by molar-refractivity contribution is 0.264. The third kappa shape index (κ3) is 2.90. The normalized spacial score (nSPS) is 13.3. The molecule has 0 aliphatic carbocycles. The molecule has 1 atom stereocenters. The Labute approximate surface area is 121 Å². The molecule has 5 nitrogen and oxygen atoms in total. The minimum absolute atomic E-state index is 0.249. The molecule has 1 unspecified atom stereocenters. The van der Waals surface area contributed by atoms with E-state index in [1.54, 1.807) is 6.20 Å². The van der Waals surface area contributed by atoms with Crippen molar-refractivity contribution in [2.24, 2.45) is 0 Å². The Hall–Kier alpha value is -1.14. The van der Waals surface area contributed by atoms with E-state index in [1.807, 2.05) is 10.6 Å². The number of nitrogens with two attached hydrogens (primary N) is 1. The number of hydrogen-bond acceptors (Lipinski definition) is 4. The number of halogens is 1. The average Bonchev–Trinajstić information content (AvgIpc) is 2.70. The van der Waals surface area contributed by atoms with Crippen molar-refractivity contribution in [1.29, 1.82) is 0 Å². The zero-order valence-corrected chi connectivity index (χ0v) is 13.2. The first-order chi connectivity index (χ1) is 9.06. The number of imidazole rings is 1. The van der Waals surface area contributed by atoms with E-state index in [1.165, 1.54) is 0 Å². The first-order valence-electron chi connectivity index (χ1n) is 6.58. The fraction of sp³-hybridized carbons (Fsp3) is 0.538. The van der Waals surface area contributed by atoms with Crippen LogP contribution in [0.4, 0.5) is 5.95 Å². The van der Waals surface area contributed by atoms with E-state index in [0.717, 1.165) is 35.3 Å². The Morgan fingerprint density at radius 2 is 2.11 bits per heavy atom. The molecule has 0 spiro atoms. The number of anilines is 1. The number of fused-ring (bicyclic) bond motifs is 1. The highest BCUT2D eigenvalue weighted by Crippen LogP contribution is 2.23. The van der Waals surface area contributed by atoms with Gasteiger partial charge >= 0.3 is 0 Å². The van der Waals surface area contributed by atoms with Crippen molar-refractivity contribution in [3.63, 3.8) is 0 Å². The van der Waals surface area contributed by atoms with Gasteiger partial charge in [0, 0.05) is 23.3 Å². The summed E-state index contributed by atoms with van der Waals surface area (Å²) in [5.74, 6) is 0.528. The molecule has 19 heavy (non-hydrogen) atoms. The lowest BCUT2D eigenvalue weighted by atomic mass is 10.3. The highest BCUT2D eigenvalue weighted by atomic mass is 79.9. The highest BCUT2D eigenvalue weighted by molar-refractivity contribution is 9.10. The van der Waals surface area contributed by atoms with Gasteiger partial charge in [-0.1, -0.05) is 13.8 Å². The van der Waals surface area contributed by atoms with Crippen molar-refractivity contribution in [2.75, 3.05) is 25.4 Å². The maximum absolute atomic E-state index is 6.04. The molecular formula is C13H20BrN5. The van der Waals surface area contributed by atoms with E-state index in [-0.39, 0.29) is 6.04 Å². The van der Waals surface area contributed by atoms with Gasteiger partial charge in [0.25, 0.3) is 0 Å². The largest absolute Gasteiger partial charge is 0.369 e. The molecule has 0 saturated heterocycles. The van der Waals surface area contributed by atoms with Crippen LogP contribution in [0.15, 0.2) is 16.7 Å². The number of hydrogen-bond donors (Lipinski definition) is 1. The first kappa shape index (κ1) is 14.3. The third-order valence-electron chi connectivity index (χ3n) is 3.38. The predicted molar refractivity (Wildman–Crippen MR) is 82.1 cm³/mol. The van der Waals surface area contributed by atoms with Gasteiger partial charge in [0.05, 0.1) is 0 Å². The summed E-state index contributed by atoms with van der Waals surface area (Å²) in [5, 5.41) is 0. The quantitative estimate of drug-likeness (QED) is 0.918. The average molecular weight is 326 g/mol. The summed E-state index contributed by atoms with van der Waals surface area (Å²) in [6.07, 6.45) is 1.78. The van der Waals surface area contributed by atoms with Gasteiger partial charge in [0.15, 0.2) is 5.65 Å². The molecule has 0 saturated carbocycles. The smallest absolute Gasteiger partial charge is 0.202 e. The number of aromatic nitrogens is 3. The zero-order chi connectivity index (χ0) is 14.0. The molecule has 0 aliphatic rings. The summed E-state index contributed by atoms with van der Waals surface area (Å²) in [7, 11) is 0. The van der Waals surface area contributed by atoms with Gasteiger partial charge in [-0.05, 0) is 42.0 Å². The summed E-state index contributed by atoms with van der Waals surface area (Å²) in [5.41, 5.74) is 7.72. The number of rotatable bonds is 5. The molecule has 104 valence electrons. The minimum atomic E-state index is 0.249. The van der Waals surface area contributed by atoms with Gasteiger partial charge in [0.2, 0.25) is 5.95 Å². The van der Waals surface area contributed by atoms with Gasteiger partial charge in [-0.15, -0.1) is 0 Å². The second kappa shape index (κ2) is 5.88. The van der Waals surface area contributed by atoms with Gasteiger partial charge in [0.1, 0.15) is 5.52 Å². The van der Waals surface area contributed by atoms with Crippen LogP contribution in [0.25, 0.3) is 11.2 Å². The molecule has 2 N–H and O–H groups in total. The van der Waals surface area contributed by atoms with Crippen LogP contribution in [0.5, 0.6) is 0 Å². The van der Waals surface area contributed by atoms with E-state index in [2.05, 4.69) is 51.6 Å². The van der Waals surface area contributed by atoms with Gasteiger partial charge < -0.3 is 10.6 Å². The number of pyridine rings is 1. The molecule has 0 aliphatic heterocycles. The van der Waals surface area contributed by atoms with Crippen molar-refractivity contribution < 1.29 is 0 Å². The maximum atomic E-state index is 6.04. The molecule has 6 heteroatoms. The van der Waals surface area contributed by atoms with Crippen LogP contribution in [0, 0.1) is 0 Å². The summed E-state index contributed by atoms with van der Waals surface area (Å²) in [6.45, 7) is 9.50. The molecule has 2 rings (SSSR count). The molecule has 0 fully saturated rings. The molecule has 0 aromatic carbocycles. The van der Waals surface area contributed by atoms with Crippen molar-refractivity contribution in [3.8, 4) is 0 Å². The van der Waals surface area contributed by atoms with Gasteiger partial charge in [-0.3, -0.25) is 4.57 Å². The summed E-state index contributed by atoms with van der Waals surface area (Å²) < 4.78 is 2.93. The SMILES string of the molecule is CCN(CC)CC(C)n1c(N)nc2cc(Br)cnc21. The fourth-order valence-corrected chi connectivity index (χ4v) is 2.67. The topological polar surface area (TPSA) is 60.0 Å². The second-order valence-corrected chi connectivity index (χ2v) is 5.59. The second-order valence-electron chi connectivity index (χ2n) is 4.67. The Morgan fingerprint density at radius 3 is 2.74 bits per heavy atom. The molecule has 0 radical (unpaired) electrons. The molecule has 2 aromatic rings. The molecule has 2 heterocycles. The van der Waals surface area contributed by atoms with E-state index >= 15 is 0 Å². The standard InChI is InChI=1S/C13H20BrN5/c1-4-18(5-2)8-9(3)19-12-11(17-13(19)15)6-10(14)7-16-12/h6-7,9H,4-5,8H2,1-3H3,(H2,15,17). The summed E-state index contributed by atoms with van der Waals surface area (Å²) in [4.78, 5) is 11.2. The molecule has 0 bridgehead atoms. The summed E-state index contributed by atoms with van der Waals surface area (Å²) >= 11 is 3.41. The first-order valence-corrected chi connectivity index (χ1v) is 7.37. The van der Waals surface area contributed by atoms with E-state index < -0.39 is 0 Å². The van der Waals surface area contributed by atoms with Crippen LogP contribution < -0.4 is 5.73 Å². The van der Waals surface area contributed by atoms with Gasteiger partial charge in [-0.25, -0.2) is 9.97 Å². The monoisotopic (exact) mass is 325 g/mol. The fourth-order valence-electron chi connectivity index (χ4n) is 2.35. The van der Waals surface area contributed by atoms with Crippen molar-refractivity contribution >= 4 is 33.0 Å². The molecular weight excluding hydrogens is 306 g/mol. The van der Waals surface area contributed by atoms with Crippen LogP contribution in [0.2, 0.25) is 0 Å². The lowest BCUT2D eigenvalue weighted by Crippen LogP contribution is -2.30. The Kier molecular flexibility index (Phi) is 4.42. The van der Waals surface area contributed by atoms with Crippen LogP contribution in [0.1, 0.15) is 26.8 Å². The van der Waals surface area contributed by atoms with E-state index in [0.29, 0.717) is 5.95 Å². The minimum Gasteiger partial charge on any atom is -0.369 e. The maximum Gasteiger partial charge on any atom is 0.202 e. The Balaban J connectivity index is 2.36. The number of nitrogen functional groups attached to an aromatic ring is 1. The van der Waals surface area contributed by atoms with Crippen LogP contribution in [-0.2, 0) is 0 Å². The van der Waals surface area contributed by atoms with Crippen molar-refractivity contribution in [2.45, 2.75) is 26.8 Å². The van der Waals surface area contributed by atoms with E-state index in [4.69, 9.17) is 5.73 Å². The molecule has 0 amide bonds. The zero-order valence-electron chi connectivity index (χ0n) is 11.6. The summed E-state index contributed by atoms with van der Waals surface area (Å²) in [6, 6.07) is 2.19.